The molecule has 3 heterocycles. The molecule has 2 aromatic heterocycles. The first-order chi connectivity index (χ1) is 15.7. The van der Waals surface area contributed by atoms with E-state index in [1.54, 1.807) is 26.4 Å². The fourth-order valence-corrected chi connectivity index (χ4v) is 4.92. The number of amides is 1. The van der Waals surface area contributed by atoms with Crippen molar-refractivity contribution in [3.8, 4) is 11.5 Å². The molecule has 0 radical (unpaired) electrons. The lowest BCUT2D eigenvalue weighted by Crippen LogP contribution is -2.41. The third-order valence-electron chi connectivity index (χ3n) is 6.54. The summed E-state index contributed by atoms with van der Waals surface area (Å²) >= 11 is 0. The van der Waals surface area contributed by atoms with Gasteiger partial charge in [-0.25, -0.2) is 9.50 Å². The lowest BCUT2D eigenvalue weighted by Gasteiger charge is -2.33. The summed E-state index contributed by atoms with van der Waals surface area (Å²) in [6.45, 7) is 1.54. The van der Waals surface area contributed by atoms with Crippen LogP contribution in [0.1, 0.15) is 36.9 Å². The number of aromatic nitrogens is 3. The van der Waals surface area contributed by atoms with Crippen molar-refractivity contribution < 1.29 is 14.3 Å². The predicted octanol–water partition coefficient (Wildman–Crippen LogP) is 3.48. The average Bonchev–Trinajstić information content (AvgIpc) is 3.23. The van der Waals surface area contributed by atoms with Gasteiger partial charge in [-0.15, -0.1) is 0 Å². The molecule has 0 saturated carbocycles. The highest BCUT2D eigenvalue weighted by molar-refractivity contribution is 5.93. The van der Waals surface area contributed by atoms with Gasteiger partial charge in [0.1, 0.15) is 5.52 Å². The van der Waals surface area contributed by atoms with Gasteiger partial charge in [0.2, 0.25) is 5.91 Å². The van der Waals surface area contributed by atoms with Crippen LogP contribution in [0.3, 0.4) is 0 Å². The molecule has 8 heteroatoms. The van der Waals surface area contributed by atoms with E-state index in [0.29, 0.717) is 23.7 Å². The summed E-state index contributed by atoms with van der Waals surface area (Å²) in [6.07, 6.45) is 10.0. The second-order valence-electron chi connectivity index (χ2n) is 8.52. The van der Waals surface area contributed by atoms with Gasteiger partial charge in [0.25, 0.3) is 0 Å². The molecule has 168 valence electrons. The van der Waals surface area contributed by atoms with Crippen LogP contribution < -0.4 is 19.7 Å². The molecule has 0 spiro atoms. The highest BCUT2D eigenvalue weighted by atomic mass is 16.5. The predicted molar refractivity (Wildman–Crippen MR) is 123 cm³/mol. The summed E-state index contributed by atoms with van der Waals surface area (Å²) < 4.78 is 12.6. The summed E-state index contributed by atoms with van der Waals surface area (Å²) in [5.74, 6) is 2.09. The molecule has 1 aromatic carbocycles. The molecule has 1 atom stereocenters. The van der Waals surface area contributed by atoms with Crippen molar-refractivity contribution in [2.45, 2.75) is 38.5 Å². The smallest absolute Gasteiger partial charge is 0.229 e. The Morgan fingerprint density at radius 3 is 2.81 bits per heavy atom. The van der Waals surface area contributed by atoms with Crippen molar-refractivity contribution in [3.63, 3.8) is 0 Å². The minimum absolute atomic E-state index is 0.0180. The van der Waals surface area contributed by atoms with E-state index in [4.69, 9.17) is 19.6 Å². The van der Waals surface area contributed by atoms with Gasteiger partial charge in [-0.05, 0) is 50.7 Å². The lowest BCUT2D eigenvalue weighted by atomic mass is 9.95. The zero-order valence-corrected chi connectivity index (χ0v) is 18.6. The van der Waals surface area contributed by atoms with Crippen molar-refractivity contribution in [1.29, 1.82) is 0 Å². The van der Waals surface area contributed by atoms with E-state index in [1.807, 2.05) is 23.0 Å². The number of hydrogen-bond donors (Lipinski definition) is 1. The molecule has 1 N–H and O–H groups in total. The van der Waals surface area contributed by atoms with Crippen molar-refractivity contribution in [2.75, 3.05) is 37.5 Å². The number of aryl methyl sites for hydroxylation is 2. The minimum atomic E-state index is -0.113. The van der Waals surface area contributed by atoms with Crippen molar-refractivity contribution in [1.82, 2.24) is 14.6 Å². The third kappa shape index (κ3) is 3.74. The standard InChI is InChI=1S/C24H29N5O3/c1-31-20-10-9-17(14-21(20)32-2)26-24(30)16-6-5-12-28(15-16)23-22-18-7-3-4-8-19(18)27-29(22)13-11-25-23/h9-11,13-14,16H,3-8,12,15H2,1-2H3,(H,26,30)/t16-/m1/s1. The van der Waals surface area contributed by atoms with Crippen molar-refractivity contribution in [2.24, 2.45) is 5.92 Å². The molecule has 1 aliphatic heterocycles. The van der Waals surface area contributed by atoms with Crippen molar-refractivity contribution >= 4 is 22.9 Å². The number of benzene rings is 1. The number of nitrogens with one attached hydrogen (secondary N) is 1. The van der Waals surface area contributed by atoms with Gasteiger partial charge < -0.3 is 19.7 Å². The van der Waals surface area contributed by atoms with Crippen LogP contribution in [0.2, 0.25) is 0 Å². The van der Waals surface area contributed by atoms with Crippen LogP contribution in [0.4, 0.5) is 11.5 Å². The first-order valence-electron chi connectivity index (χ1n) is 11.3. The average molecular weight is 436 g/mol. The quantitative estimate of drug-likeness (QED) is 0.661. The number of piperidine rings is 1. The molecule has 32 heavy (non-hydrogen) atoms. The maximum atomic E-state index is 13.1. The number of methoxy groups -OCH3 is 2. The molecule has 1 saturated heterocycles. The normalized spacial score (nSPS) is 18.3. The summed E-state index contributed by atoms with van der Waals surface area (Å²) in [4.78, 5) is 20.1. The van der Waals surface area contributed by atoms with Gasteiger partial charge in [0.15, 0.2) is 17.3 Å². The first-order valence-corrected chi connectivity index (χ1v) is 11.3. The van der Waals surface area contributed by atoms with Crippen LogP contribution in [0.15, 0.2) is 30.6 Å². The molecule has 5 rings (SSSR count). The molecule has 2 aliphatic rings. The van der Waals surface area contributed by atoms with E-state index >= 15 is 0 Å². The number of nitrogens with zero attached hydrogens (tertiary/aromatic N) is 4. The lowest BCUT2D eigenvalue weighted by molar-refractivity contribution is -0.120. The van der Waals surface area contributed by atoms with E-state index in [2.05, 4.69) is 10.2 Å². The number of carbonyl (C=O) groups is 1. The molecular weight excluding hydrogens is 406 g/mol. The number of hydrogen-bond acceptors (Lipinski definition) is 6. The number of ether oxygens (including phenoxy) is 2. The van der Waals surface area contributed by atoms with Gasteiger partial charge in [0, 0.05) is 42.8 Å². The molecule has 1 amide bonds. The van der Waals surface area contributed by atoms with Gasteiger partial charge in [0.05, 0.1) is 25.8 Å². The van der Waals surface area contributed by atoms with Crippen LogP contribution in [0, 0.1) is 5.92 Å². The Kier molecular flexibility index (Phi) is 5.59. The molecule has 1 fully saturated rings. The number of anilines is 2. The van der Waals surface area contributed by atoms with Crippen LogP contribution in [-0.4, -0.2) is 47.8 Å². The van der Waals surface area contributed by atoms with Gasteiger partial charge >= 0.3 is 0 Å². The molecule has 8 nitrogen and oxygen atoms in total. The maximum Gasteiger partial charge on any atom is 0.229 e. The highest BCUT2D eigenvalue weighted by Gasteiger charge is 2.29. The molecule has 3 aromatic rings. The Bertz CT molecular complexity index is 1140. The summed E-state index contributed by atoms with van der Waals surface area (Å²) in [7, 11) is 3.18. The maximum absolute atomic E-state index is 13.1. The monoisotopic (exact) mass is 435 g/mol. The zero-order valence-electron chi connectivity index (χ0n) is 18.6. The number of carbonyl (C=O) groups excluding carboxylic acids is 1. The fourth-order valence-electron chi connectivity index (χ4n) is 4.92. The SMILES string of the molecule is COc1ccc(NC(=O)[C@@H]2CCCN(c3nccn4nc5c(c34)CCCC5)C2)cc1OC. The molecule has 1 aliphatic carbocycles. The highest BCUT2D eigenvalue weighted by Crippen LogP contribution is 2.33. The van der Waals surface area contributed by atoms with Crippen LogP contribution in [-0.2, 0) is 17.6 Å². The number of fused-ring (bicyclic) bond motifs is 3. The Morgan fingerprint density at radius 1 is 1.12 bits per heavy atom. The fraction of sp³-hybridized carbons (Fsp3) is 0.458. The van der Waals surface area contributed by atoms with Gasteiger partial charge in [-0.2, -0.15) is 5.10 Å². The van der Waals surface area contributed by atoms with Gasteiger partial charge in [-0.3, -0.25) is 4.79 Å². The van der Waals surface area contributed by atoms with Gasteiger partial charge in [-0.1, -0.05) is 0 Å². The largest absolute Gasteiger partial charge is 0.493 e. The second-order valence-corrected chi connectivity index (χ2v) is 8.52. The molecular formula is C24H29N5O3. The third-order valence-corrected chi connectivity index (χ3v) is 6.54. The van der Waals surface area contributed by atoms with E-state index in [1.165, 1.54) is 24.1 Å². The summed E-state index contributed by atoms with van der Waals surface area (Å²) in [5.41, 5.74) is 4.35. The van der Waals surface area contributed by atoms with Crippen LogP contribution >= 0.6 is 0 Å². The Hall–Kier alpha value is -3.29. The van der Waals surface area contributed by atoms with E-state index in [-0.39, 0.29) is 11.8 Å². The number of rotatable bonds is 5. The van der Waals surface area contributed by atoms with E-state index in [0.717, 1.165) is 43.6 Å². The molecule has 0 bridgehead atoms. The molecule has 0 unspecified atom stereocenters. The van der Waals surface area contributed by atoms with Crippen LogP contribution in [0.25, 0.3) is 5.52 Å². The van der Waals surface area contributed by atoms with E-state index < -0.39 is 0 Å². The second kappa shape index (κ2) is 8.68. The van der Waals surface area contributed by atoms with Crippen LogP contribution in [0.5, 0.6) is 11.5 Å². The Labute approximate surface area is 187 Å². The van der Waals surface area contributed by atoms with E-state index in [9.17, 15) is 4.79 Å². The Morgan fingerprint density at radius 2 is 1.97 bits per heavy atom. The summed E-state index contributed by atoms with van der Waals surface area (Å²) in [5, 5.41) is 7.85. The van der Waals surface area contributed by atoms with Crippen molar-refractivity contribution in [3.05, 3.63) is 41.9 Å². The summed E-state index contributed by atoms with van der Waals surface area (Å²) in [6, 6.07) is 5.42. The topological polar surface area (TPSA) is 81.0 Å². The zero-order chi connectivity index (χ0) is 22.1. The minimum Gasteiger partial charge on any atom is -0.493 e. The Balaban J connectivity index is 1.36. The first kappa shape index (κ1) is 20.6.